The minimum absolute atomic E-state index is 0.0745. The molecule has 2 unspecified atom stereocenters. The zero-order valence-corrected chi connectivity index (χ0v) is 10.9. The number of nitrogens with zero attached hydrogens (tertiary/aromatic N) is 2. The smallest absolute Gasteiger partial charge is 0.254 e. The van der Waals surface area contributed by atoms with Gasteiger partial charge in [0, 0.05) is 35.9 Å². The molecule has 1 aliphatic heterocycles. The number of alkyl halides is 1. The summed E-state index contributed by atoms with van der Waals surface area (Å²) in [6.07, 6.45) is 2.71. The monoisotopic (exact) mass is 252 g/mol. The predicted molar refractivity (Wildman–Crippen MR) is 68.3 cm³/mol. The summed E-state index contributed by atoms with van der Waals surface area (Å²) in [6, 6.07) is 3.76. The summed E-state index contributed by atoms with van der Waals surface area (Å²) < 4.78 is 0. The Labute approximate surface area is 107 Å². The normalized spacial score (nSPS) is 24.1. The first-order chi connectivity index (χ1) is 8.13. The quantitative estimate of drug-likeness (QED) is 0.758. The van der Waals surface area contributed by atoms with Crippen LogP contribution < -0.4 is 0 Å². The summed E-state index contributed by atoms with van der Waals surface area (Å²) in [4.78, 5) is 18.4. The van der Waals surface area contributed by atoms with E-state index in [0.717, 1.165) is 18.7 Å². The van der Waals surface area contributed by atoms with E-state index < -0.39 is 0 Å². The Bertz CT molecular complexity index is 422. The van der Waals surface area contributed by atoms with Crippen LogP contribution in [0.5, 0.6) is 0 Å². The lowest BCUT2D eigenvalue weighted by Gasteiger charge is -2.25. The average Bonchev–Trinajstić information content (AvgIpc) is 2.69. The first-order valence-electron chi connectivity index (χ1n) is 5.93. The standard InChI is InChI=1S/C13H17ClN2O/c1-9-4-6-16(12(9)8-14)13(17)11-3-5-15-10(2)7-11/h3,5,7,9,12H,4,6,8H2,1-2H3. The predicted octanol–water partition coefficient (Wildman–Crippen LogP) is 2.48. The number of rotatable bonds is 2. The Balaban J connectivity index is 2.20. The zero-order chi connectivity index (χ0) is 12.4. The molecule has 2 atom stereocenters. The maximum Gasteiger partial charge on any atom is 0.254 e. The van der Waals surface area contributed by atoms with Crippen LogP contribution in [-0.4, -0.2) is 34.3 Å². The van der Waals surface area contributed by atoms with Crippen LogP contribution in [0.1, 0.15) is 29.4 Å². The van der Waals surface area contributed by atoms with E-state index in [1.807, 2.05) is 17.9 Å². The van der Waals surface area contributed by atoms with Crippen LogP contribution in [0, 0.1) is 12.8 Å². The van der Waals surface area contributed by atoms with Gasteiger partial charge in [0.05, 0.1) is 0 Å². The van der Waals surface area contributed by atoms with Crippen molar-refractivity contribution in [2.24, 2.45) is 5.92 Å². The van der Waals surface area contributed by atoms with Gasteiger partial charge < -0.3 is 4.90 Å². The number of hydrogen-bond donors (Lipinski definition) is 0. The van der Waals surface area contributed by atoms with Crippen LogP contribution in [0.15, 0.2) is 18.3 Å². The summed E-state index contributed by atoms with van der Waals surface area (Å²) in [6.45, 7) is 4.85. The second-order valence-corrected chi connectivity index (χ2v) is 4.98. The number of pyridine rings is 1. The van der Waals surface area contributed by atoms with Gasteiger partial charge >= 0.3 is 0 Å². The van der Waals surface area contributed by atoms with Crippen molar-refractivity contribution in [3.05, 3.63) is 29.6 Å². The molecule has 4 heteroatoms. The van der Waals surface area contributed by atoms with E-state index in [0.29, 0.717) is 17.4 Å². The van der Waals surface area contributed by atoms with Crippen LogP contribution >= 0.6 is 11.6 Å². The van der Waals surface area contributed by atoms with E-state index in [1.54, 1.807) is 12.3 Å². The Morgan fingerprint density at radius 3 is 3.06 bits per heavy atom. The molecule has 1 aliphatic rings. The van der Waals surface area contributed by atoms with Crippen LogP contribution in [0.25, 0.3) is 0 Å². The van der Waals surface area contributed by atoms with Crippen molar-refractivity contribution in [1.82, 2.24) is 9.88 Å². The molecule has 0 bridgehead atoms. The fourth-order valence-electron chi connectivity index (χ4n) is 2.34. The van der Waals surface area contributed by atoms with Gasteiger partial charge in [0.15, 0.2) is 0 Å². The first kappa shape index (κ1) is 12.4. The third kappa shape index (κ3) is 2.44. The van der Waals surface area contributed by atoms with Crippen LogP contribution in [0.3, 0.4) is 0 Å². The number of aromatic nitrogens is 1. The lowest BCUT2D eigenvalue weighted by atomic mass is 10.0. The van der Waals surface area contributed by atoms with Gasteiger partial charge in [-0.25, -0.2) is 0 Å². The van der Waals surface area contributed by atoms with Crippen LogP contribution in [0.4, 0.5) is 0 Å². The third-order valence-electron chi connectivity index (χ3n) is 3.45. The number of hydrogen-bond acceptors (Lipinski definition) is 2. The van der Waals surface area contributed by atoms with Crippen molar-refractivity contribution in [2.45, 2.75) is 26.3 Å². The number of likely N-dealkylation sites (tertiary alicyclic amines) is 1. The molecule has 0 saturated carbocycles. The summed E-state index contributed by atoms with van der Waals surface area (Å²) in [7, 11) is 0. The van der Waals surface area contributed by atoms with E-state index in [-0.39, 0.29) is 11.9 Å². The molecule has 0 N–H and O–H groups in total. The molecule has 0 radical (unpaired) electrons. The van der Waals surface area contributed by atoms with Gasteiger partial charge in [-0.15, -0.1) is 11.6 Å². The van der Waals surface area contributed by atoms with Gasteiger partial charge in [0.2, 0.25) is 0 Å². The van der Waals surface area contributed by atoms with Gasteiger partial charge in [-0.3, -0.25) is 9.78 Å². The fraction of sp³-hybridized carbons (Fsp3) is 0.538. The Morgan fingerprint density at radius 2 is 2.41 bits per heavy atom. The highest BCUT2D eigenvalue weighted by Crippen LogP contribution is 2.26. The molecule has 0 aromatic carbocycles. The molecular formula is C13H17ClN2O. The number of halogens is 1. The topological polar surface area (TPSA) is 33.2 Å². The molecule has 2 rings (SSSR count). The SMILES string of the molecule is Cc1cc(C(=O)N2CCC(C)C2CCl)ccn1. The molecule has 1 aromatic heterocycles. The maximum atomic E-state index is 12.4. The number of carbonyl (C=O) groups excluding carboxylic acids is 1. The summed E-state index contributed by atoms with van der Waals surface area (Å²) in [5, 5.41) is 0. The molecule has 1 amide bonds. The van der Waals surface area contributed by atoms with Crippen molar-refractivity contribution >= 4 is 17.5 Å². The van der Waals surface area contributed by atoms with Gasteiger partial charge in [-0.05, 0) is 31.4 Å². The van der Waals surface area contributed by atoms with E-state index >= 15 is 0 Å². The van der Waals surface area contributed by atoms with Crippen LogP contribution in [-0.2, 0) is 0 Å². The highest BCUT2D eigenvalue weighted by atomic mass is 35.5. The molecule has 92 valence electrons. The number of aryl methyl sites for hydroxylation is 1. The van der Waals surface area contributed by atoms with Crippen molar-refractivity contribution in [1.29, 1.82) is 0 Å². The summed E-state index contributed by atoms with van der Waals surface area (Å²) in [5.41, 5.74) is 1.58. The average molecular weight is 253 g/mol. The van der Waals surface area contributed by atoms with E-state index in [4.69, 9.17) is 11.6 Å². The second-order valence-electron chi connectivity index (χ2n) is 4.67. The molecule has 17 heavy (non-hydrogen) atoms. The van der Waals surface area contributed by atoms with Gasteiger partial charge in [0.1, 0.15) is 0 Å². The minimum atomic E-state index is 0.0745. The van der Waals surface area contributed by atoms with E-state index in [1.165, 1.54) is 0 Å². The summed E-state index contributed by atoms with van der Waals surface area (Å²) in [5.74, 6) is 1.07. The second kappa shape index (κ2) is 5.05. The van der Waals surface area contributed by atoms with Crippen molar-refractivity contribution < 1.29 is 4.79 Å². The highest BCUT2D eigenvalue weighted by molar-refractivity contribution is 6.18. The van der Waals surface area contributed by atoms with E-state index in [9.17, 15) is 4.79 Å². The summed E-state index contributed by atoms with van der Waals surface area (Å²) >= 11 is 5.95. The largest absolute Gasteiger partial charge is 0.334 e. The number of carbonyl (C=O) groups is 1. The molecular weight excluding hydrogens is 236 g/mol. The van der Waals surface area contributed by atoms with Crippen molar-refractivity contribution in [3.8, 4) is 0 Å². The zero-order valence-electron chi connectivity index (χ0n) is 10.2. The van der Waals surface area contributed by atoms with Gasteiger partial charge in [0.25, 0.3) is 5.91 Å². The number of amides is 1. The lowest BCUT2D eigenvalue weighted by molar-refractivity contribution is 0.0737. The minimum Gasteiger partial charge on any atom is -0.334 e. The van der Waals surface area contributed by atoms with Gasteiger partial charge in [-0.1, -0.05) is 6.92 Å². The fourth-order valence-corrected chi connectivity index (χ4v) is 2.81. The Hall–Kier alpha value is -1.09. The molecule has 0 aliphatic carbocycles. The molecule has 3 nitrogen and oxygen atoms in total. The molecule has 0 spiro atoms. The molecule has 1 saturated heterocycles. The highest BCUT2D eigenvalue weighted by Gasteiger charge is 2.34. The van der Waals surface area contributed by atoms with Crippen molar-refractivity contribution in [2.75, 3.05) is 12.4 Å². The molecule has 2 heterocycles. The Kier molecular flexibility index (Phi) is 3.67. The molecule has 1 aromatic rings. The Morgan fingerprint density at radius 1 is 1.65 bits per heavy atom. The van der Waals surface area contributed by atoms with Gasteiger partial charge in [-0.2, -0.15) is 0 Å². The first-order valence-corrected chi connectivity index (χ1v) is 6.46. The molecule has 1 fully saturated rings. The van der Waals surface area contributed by atoms with Crippen molar-refractivity contribution in [3.63, 3.8) is 0 Å². The van der Waals surface area contributed by atoms with E-state index in [2.05, 4.69) is 11.9 Å². The third-order valence-corrected chi connectivity index (χ3v) is 3.76. The maximum absolute atomic E-state index is 12.4. The lowest BCUT2D eigenvalue weighted by Crippen LogP contribution is -2.38. The van der Waals surface area contributed by atoms with Crippen LogP contribution in [0.2, 0.25) is 0 Å².